The van der Waals surface area contributed by atoms with Crippen LogP contribution in [0.25, 0.3) is 11.5 Å². The van der Waals surface area contributed by atoms with Gasteiger partial charge in [0.2, 0.25) is 11.8 Å². The first-order valence-corrected chi connectivity index (χ1v) is 11.2. The molecular formula is C24H36IN5O2. The molecule has 0 spiro atoms. The number of aryl methyl sites for hydroxylation is 1. The van der Waals surface area contributed by atoms with Crippen LogP contribution in [0.15, 0.2) is 39.9 Å². The lowest BCUT2D eigenvalue weighted by molar-refractivity contribution is -0.138. The van der Waals surface area contributed by atoms with Gasteiger partial charge in [-0.05, 0) is 38.8 Å². The first kappa shape index (κ1) is 26.2. The number of carbonyl (C=O) groups excluding carboxylic acids is 1. The molecule has 0 bridgehead atoms. The highest BCUT2D eigenvalue weighted by atomic mass is 127. The van der Waals surface area contributed by atoms with E-state index in [1.807, 2.05) is 33.2 Å². The lowest BCUT2D eigenvalue weighted by Crippen LogP contribution is -2.43. The van der Waals surface area contributed by atoms with E-state index in [0.29, 0.717) is 19.0 Å². The summed E-state index contributed by atoms with van der Waals surface area (Å²) in [7, 11) is 3.66. The van der Waals surface area contributed by atoms with Gasteiger partial charge in [-0.25, -0.2) is 4.98 Å². The Bertz CT molecular complexity index is 886. The Morgan fingerprint density at radius 2 is 1.88 bits per heavy atom. The van der Waals surface area contributed by atoms with E-state index in [4.69, 9.17) is 9.41 Å². The van der Waals surface area contributed by atoms with E-state index < -0.39 is 0 Å². The average molecular weight is 553 g/mol. The van der Waals surface area contributed by atoms with Crippen LogP contribution in [-0.4, -0.2) is 55.5 Å². The van der Waals surface area contributed by atoms with E-state index in [-0.39, 0.29) is 35.3 Å². The molecule has 3 rings (SSSR count). The second-order valence-electron chi connectivity index (χ2n) is 8.57. The van der Waals surface area contributed by atoms with Crippen LogP contribution in [0.3, 0.4) is 0 Å². The van der Waals surface area contributed by atoms with Crippen LogP contribution in [0.5, 0.6) is 0 Å². The molecule has 0 saturated heterocycles. The Morgan fingerprint density at radius 1 is 1.19 bits per heavy atom. The summed E-state index contributed by atoms with van der Waals surface area (Å²) in [5.41, 5.74) is 2.73. The Balaban J connectivity index is 0.00000363. The van der Waals surface area contributed by atoms with E-state index in [1.54, 1.807) is 11.2 Å². The lowest BCUT2D eigenvalue weighted by atomic mass is 9.85. The lowest BCUT2D eigenvalue weighted by Gasteiger charge is -2.29. The topological polar surface area (TPSA) is 82.8 Å². The van der Waals surface area contributed by atoms with Gasteiger partial charge in [0, 0.05) is 39.2 Å². The van der Waals surface area contributed by atoms with Crippen LogP contribution in [0.1, 0.15) is 43.9 Å². The minimum atomic E-state index is -0.360. The Morgan fingerprint density at radius 3 is 2.50 bits per heavy atom. The molecule has 0 atom stereocenters. The quantitative estimate of drug-likeness (QED) is 0.293. The van der Waals surface area contributed by atoms with Gasteiger partial charge >= 0.3 is 0 Å². The van der Waals surface area contributed by atoms with E-state index in [9.17, 15) is 4.79 Å². The fourth-order valence-corrected chi connectivity index (χ4v) is 4.10. The standard InChI is InChI=1S/C24H35N5O2.HI/c1-5-25-23(27-17-24(13-6-7-14-24)22(30)29(3)4)26-15-12-20-16-31-21(28-20)19-10-8-18(2)9-11-19;/h8-11,16H,5-7,12-15,17H2,1-4H3,(H2,25,26,27);1H. The third-order valence-electron chi connectivity index (χ3n) is 5.83. The van der Waals surface area contributed by atoms with Crippen molar-refractivity contribution in [2.45, 2.75) is 46.0 Å². The highest BCUT2D eigenvalue weighted by Gasteiger charge is 2.42. The minimum absolute atomic E-state index is 0. The molecule has 1 amide bonds. The number of guanidine groups is 1. The maximum atomic E-state index is 12.8. The fourth-order valence-electron chi connectivity index (χ4n) is 4.10. The summed E-state index contributed by atoms with van der Waals surface area (Å²) < 4.78 is 5.65. The third-order valence-corrected chi connectivity index (χ3v) is 5.83. The number of amides is 1. The summed E-state index contributed by atoms with van der Waals surface area (Å²) in [5, 5.41) is 6.65. The second kappa shape index (κ2) is 12.2. The van der Waals surface area contributed by atoms with Crippen molar-refractivity contribution in [2.24, 2.45) is 10.4 Å². The minimum Gasteiger partial charge on any atom is -0.444 e. The summed E-state index contributed by atoms with van der Waals surface area (Å²) in [4.78, 5) is 23.8. The molecule has 1 aromatic carbocycles. The first-order chi connectivity index (χ1) is 14.9. The molecule has 1 aliphatic carbocycles. The molecule has 176 valence electrons. The zero-order valence-corrected chi connectivity index (χ0v) is 21.9. The number of hydrogen-bond donors (Lipinski definition) is 2. The number of halogens is 1. The molecule has 1 aromatic heterocycles. The molecule has 2 N–H and O–H groups in total. The summed E-state index contributed by atoms with van der Waals surface area (Å²) in [6.45, 7) is 6.06. The molecule has 0 radical (unpaired) electrons. The number of rotatable bonds is 8. The summed E-state index contributed by atoms with van der Waals surface area (Å²) >= 11 is 0. The SMILES string of the molecule is CCNC(=NCC1(C(=O)N(C)C)CCCC1)NCCc1coc(-c2ccc(C)cc2)n1.I. The molecule has 8 heteroatoms. The number of carbonyl (C=O) groups is 1. The van der Waals surface area contributed by atoms with Gasteiger partial charge in [0.25, 0.3) is 0 Å². The van der Waals surface area contributed by atoms with Gasteiger partial charge in [-0.3, -0.25) is 9.79 Å². The van der Waals surface area contributed by atoms with Crippen molar-refractivity contribution < 1.29 is 9.21 Å². The molecular weight excluding hydrogens is 517 g/mol. The molecule has 1 saturated carbocycles. The van der Waals surface area contributed by atoms with Crippen molar-refractivity contribution in [1.82, 2.24) is 20.5 Å². The van der Waals surface area contributed by atoms with E-state index >= 15 is 0 Å². The van der Waals surface area contributed by atoms with Gasteiger partial charge < -0.3 is 20.0 Å². The molecule has 32 heavy (non-hydrogen) atoms. The molecule has 1 heterocycles. The molecule has 1 fully saturated rings. The van der Waals surface area contributed by atoms with Crippen LogP contribution in [0.4, 0.5) is 0 Å². The van der Waals surface area contributed by atoms with Gasteiger partial charge in [-0.2, -0.15) is 0 Å². The predicted octanol–water partition coefficient (Wildman–Crippen LogP) is 4.01. The maximum Gasteiger partial charge on any atom is 0.230 e. The van der Waals surface area contributed by atoms with E-state index in [1.165, 1.54) is 5.56 Å². The van der Waals surface area contributed by atoms with Crippen LogP contribution in [0, 0.1) is 12.3 Å². The number of aromatic nitrogens is 1. The third kappa shape index (κ3) is 6.70. The largest absolute Gasteiger partial charge is 0.444 e. The molecule has 1 aliphatic rings. The highest BCUT2D eigenvalue weighted by Crippen LogP contribution is 2.39. The van der Waals surface area contributed by atoms with Gasteiger partial charge in [-0.1, -0.05) is 30.5 Å². The monoisotopic (exact) mass is 553 g/mol. The van der Waals surface area contributed by atoms with Crippen molar-refractivity contribution >= 4 is 35.8 Å². The van der Waals surface area contributed by atoms with Gasteiger partial charge in [-0.15, -0.1) is 24.0 Å². The number of nitrogens with one attached hydrogen (secondary N) is 2. The average Bonchev–Trinajstić information content (AvgIpc) is 3.42. The molecule has 0 unspecified atom stereocenters. The molecule has 0 aliphatic heterocycles. The Kier molecular flexibility index (Phi) is 9.99. The first-order valence-electron chi connectivity index (χ1n) is 11.2. The van der Waals surface area contributed by atoms with Crippen molar-refractivity contribution in [3.8, 4) is 11.5 Å². The van der Waals surface area contributed by atoms with Gasteiger partial charge in [0.05, 0.1) is 17.7 Å². The Labute approximate surface area is 208 Å². The number of aliphatic imine (C=N–C) groups is 1. The zero-order chi connectivity index (χ0) is 22.3. The van der Waals surface area contributed by atoms with Crippen molar-refractivity contribution in [1.29, 1.82) is 0 Å². The van der Waals surface area contributed by atoms with Crippen LogP contribution in [-0.2, 0) is 11.2 Å². The van der Waals surface area contributed by atoms with Crippen molar-refractivity contribution in [3.05, 3.63) is 41.8 Å². The van der Waals surface area contributed by atoms with Crippen molar-refractivity contribution in [3.63, 3.8) is 0 Å². The zero-order valence-electron chi connectivity index (χ0n) is 19.6. The fraction of sp³-hybridized carbons (Fsp3) is 0.542. The predicted molar refractivity (Wildman–Crippen MR) is 139 cm³/mol. The maximum absolute atomic E-state index is 12.8. The number of hydrogen-bond acceptors (Lipinski definition) is 4. The van der Waals surface area contributed by atoms with E-state index in [2.05, 4.69) is 34.7 Å². The van der Waals surface area contributed by atoms with E-state index in [0.717, 1.165) is 55.9 Å². The van der Waals surface area contributed by atoms with Crippen LogP contribution in [0.2, 0.25) is 0 Å². The van der Waals surface area contributed by atoms with Gasteiger partial charge in [0.15, 0.2) is 5.96 Å². The Hall–Kier alpha value is -2.10. The molecule has 2 aromatic rings. The number of nitrogens with zero attached hydrogens (tertiary/aromatic N) is 3. The smallest absolute Gasteiger partial charge is 0.230 e. The second-order valence-corrected chi connectivity index (χ2v) is 8.57. The van der Waals surface area contributed by atoms with Crippen LogP contribution >= 0.6 is 24.0 Å². The summed E-state index contributed by atoms with van der Waals surface area (Å²) in [6.07, 6.45) is 6.44. The van der Waals surface area contributed by atoms with Gasteiger partial charge in [0.1, 0.15) is 6.26 Å². The van der Waals surface area contributed by atoms with Crippen molar-refractivity contribution in [2.75, 3.05) is 33.7 Å². The highest BCUT2D eigenvalue weighted by molar-refractivity contribution is 14.0. The number of oxazole rings is 1. The summed E-state index contributed by atoms with van der Waals surface area (Å²) in [5.74, 6) is 1.57. The summed E-state index contributed by atoms with van der Waals surface area (Å²) in [6, 6.07) is 8.15. The van der Waals surface area contributed by atoms with Crippen LogP contribution < -0.4 is 10.6 Å². The normalized spacial score (nSPS) is 15.2. The molecule has 7 nitrogen and oxygen atoms in total. The number of benzene rings is 1.